The Hall–Kier alpha value is -1.63. The maximum absolute atomic E-state index is 13.8. The Labute approximate surface area is 116 Å². The molecule has 1 unspecified atom stereocenters. The van der Waals surface area contributed by atoms with Crippen LogP contribution in [-0.2, 0) is 0 Å². The van der Waals surface area contributed by atoms with Crippen molar-refractivity contribution >= 4 is 0 Å². The summed E-state index contributed by atoms with van der Waals surface area (Å²) in [6.07, 6.45) is 7.89. The molecule has 1 rings (SSSR count). The second-order valence-electron chi connectivity index (χ2n) is 4.99. The number of allylic oxidation sites excluding steroid dienone is 5. The molecule has 0 nitrogen and oxygen atoms in total. The van der Waals surface area contributed by atoms with Crippen LogP contribution < -0.4 is 0 Å². The molecule has 1 atom stereocenters. The predicted octanol–water partition coefficient (Wildman–Crippen LogP) is 5.79. The van der Waals surface area contributed by atoms with Gasteiger partial charge in [0.25, 0.3) is 0 Å². The van der Waals surface area contributed by atoms with Crippen LogP contribution in [0.1, 0.15) is 45.1 Å². The highest BCUT2D eigenvalue weighted by molar-refractivity contribution is 5.28. The Morgan fingerprint density at radius 3 is 2.47 bits per heavy atom. The number of benzene rings is 1. The average molecular weight is 258 g/mol. The van der Waals surface area contributed by atoms with Crippen molar-refractivity contribution in [1.82, 2.24) is 0 Å². The first-order chi connectivity index (χ1) is 9.08. The van der Waals surface area contributed by atoms with Gasteiger partial charge in [0, 0.05) is 5.92 Å². The summed E-state index contributed by atoms with van der Waals surface area (Å²) in [5, 5.41) is 0. The van der Waals surface area contributed by atoms with Crippen molar-refractivity contribution in [3.05, 3.63) is 71.6 Å². The lowest BCUT2D eigenvalue weighted by molar-refractivity contribution is 0.597. The summed E-state index contributed by atoms with van der Waals surface area (Å²) in [6, 6.07) is 6.95. The van der Waals surface area contributed by atoms with E-state index >= 15 is 0 Å². The number of rotatable bonds is 6. The zero-order chi connectivity index (χ0) is 14.3. The van der Waals surface area contributed by atoms with E-state index in [0.717, 1.165) is 18.4 Å². The SMILES string of the molecule is C=CC(C/C(=C\C=C(C)C)CC)c1ccccc1F. The quantitative estimate of drug-likeness (QED) is 0.447. The molecule has 102 valence electrons. The third kappa shape index (κ3) is 4.86. The molecule has 0 bridgehead atoms. The Morgan fingerprint density at radius 2 is 1.95 bits per heavy atom. The fourth-order valence-electron chi connectivity index (χ4n) is 1.99. The molecular formula is C18H23F. The van der Waals surface area contributed by atoms with Crippen molar-refractivity contribution in [3.8, 4) is 0 Å². The summed E-state index contributed by atoms with van der Waals surface area (Å²) in [4.78, 5) is 0. The van der Waals surface area contributed by atoms with E-state index in [9.17, 15) is 4.39 Å². The van der Waals surface area contributed by atoms with Crippen LogP contribution in [0.15, 0.2) is 60.2 Å². The summed E-state index contributed by atoms with van der Waals surface area (Å²) in [7, 11) is 0. The van der Waals surface area contributed by atoms with Crippen LogP contribution in [0.4, 0.5) is 4.39 Å². The van der Waals surface area contributed by atoms with Crippen LogP contribution in [-0.4, -0.2) is 0 Å². The summed E-state index contributed by atoms with van der Waals surface area (Å²) < 4.78 is 13.8. The third-order valence-corrected chi connectivity index (χ3v) is 3.18. The topological polar surface area (TPSA) is 0 Å². The second kappa shape index (κ2) is 7.73. The first-order valence-corrected chi connectivity index (χ1v) is 6.78. The molecule has 1 heteroatoms. The van der Waals surface area contributed by atoms with Gasteiger partial charge in [-0.2, -0.15) is 0 Å². The van der Waals surface area contributed by atoms with Gasteiger partial charge in [0.1, 0.15) is 5.82 Å². The Bertz CT molecular complexity index is 476. The zero-order valence-corrected chi connectivity index (χ0v) is 12.1. The van der Waals surface area contributed by atoms with Crippen molar-refractivity contribution in [2.75, 3.05) is 0 Å². The Kier molecular flexibility index (Phi) is 6.27. The normalized spacial score (nSPS) is 12.9. The van der Waals surface area contributed by atoms with Gasteiger partial charge in [-0.3, -0.25) is 0 Å². The summed E-state index contributed by atoms with van der Waals surface area (Å²) in [5.74, 6) is -0.108. The van der Waals surface area contributed by atoms with E-state index in [4.69, 9.17) is 0 Å². The van der Waals surface area contributed by atoms with E-state index in [1.165, 1.54) is 17.2 Å². The second-order valence-corrected chi connectivity index (χ2v) is 4.99. The van der Waals surface area contributed by atoms with Crippen molar-refractivity contribution < 1.29 is 4.39 Å². The van der Waals surface area contributed by atoms with E-state index in [1.807, 2.05) is 18.2 Å². The molecule has 0 N–H and O–H groups in total. The summed E-state index contributed by atoms with van der Waals surface area (Å²) in [6.45, 7) is 10.1. The smallest absolute Gasteiger partial charge is 0.127 e. The van der Waals surface area contributed by atoms with E-state index in [-0.39, 0.29) is 11.7 Å². The predicted molar refractivity (Wildman–Crippen MR) is 81.8 cm³/mol. The largest absolute Gasteiger partial charge is 0.207 e. The fraction of sp³-hybridized carbons (Fsp3) is 0.333. The molecule has 0 aliphatic rings. The van der Waals surface area contributed by atoms with Crippen LogP contribution >= 0.6 is 0 Å². The number of halogens is 1. The molecule has 19 heavy (non-hydrogen) atoms. The minimum Gasteiger partial charge on any atom is -0.207 e. The minimum atomic E-state index is -0.148. The Balaban J connectivity index is 2.93. The molecule has 0 spiro atoms. The molecule has 1 aromatic carbocycles. The van der Waals surface area contributed by atoms with Crippen molar-refractivity contribution in [2.45, 2.75) is 39.5 Å². The molecule has 0 amide bonds. The highest BCUT2D eigenvalue weighted by Gasteiger charge is 2.13. The molecule has 0 fully saturated rings. The van der Waals surface area contributed by atoms with Crippen LogP contribution in [0, 0.1) is 5.82 Å². The van der Waals surface area contributed by atoms with Crippen LogP contribution in [0.25, 0.3) is 0 Å². The van der Waals surface area contributed by atoms with Gasteiger partial charge in [0.05, 0.1) is 0 Å². The molecule has 0 radical (unpaired) electrons. The zero-order valence-electron chi connectivity index (χ0n) is 12.1. The van der Waals surface area contributed by atoms with Gasteiger partial charge in [-0.25, -0.2) is 4.39 Å². The number of hydrogen-bond donors (Lipinski definition) is 0. The maximum atomic E-state index is 13.8. The molecule has 1 aromatic rings. The lowest BCUT2D eigenvalue weighted by Crippen LogP contribution is -2.00. The third-order valence-electron chi connectivity index (χ3n) is 3.18. The van der Waals surface area contributed by atoms with Gasteiger partial charge in [-0.1, -0.05) is 54.5 Å². The average Bonchev–Trinajstić information content (AvgIpc) is 2.40. The van der Waals surface area contributed by atoms with Gasteiger partial charge < -0.3 is 0 Å². The minimum absolute atomic E-state index is 0.0398. The number of hydrogen-bond acceptors (Lipinski definition) is 0. The van der Waals surface area contributed by atoms with Gasteiger partial charge in [0.15, 0.2) is 0 Å². The summed E-state index contributed by atoms with van der Waals surface area (Å²) >= 11 is 0. The molecule has 0 aliphatic carbocycles. The van der Waals surface area contributed by atoms with Crippen molar-refractivity contribution in [3.63, 3.8) is 0 Å². The molecule has 0 aliphatic heterocycles. The first-order valence-electron chi connectivity index (χ1n) is 6.78. The van der Waals surface area contributed by atoms with Crippen molar-refractivity contribution in [1.29, 1.82) is 0 Å². The first kappa shape index (κ1) is 15.4. The molecule has 0 saturated carbocycles. The molecule has 0 aromatic heterocycles. The highest BCUT2D eigenvalue weighted by Crippen LogP contribution is 2.28. The Morgan fingerprint density at radius 1 is 1.26 bits per heavy atom. The molecular weight excluding hydrogens is 235 g/mol. The molecule has 0 saturated heterocycles. The monoisotopic (exact) mass is 258 g/mol. The van der Waals surface area contributed by atoms with Gasteiger partial charge in [-0.15, -0.1) is 6.58 Å². The molecule has 0 heterocycles. The van der Waals surface area contributed by atoms with Gasteiger partial charge in [0.2, 0.25) is 0 Å². The van der Waals surface area contributed by atoms with Crippen LogP contribution in [0.2, 0.25) is 0 Å². The lowest BCUT2D eigenvalue weighted by Gasteiger charge is -2.15. The van der Waals surface area contributed by atoms with Crippen LogP contribution in [0.5, 0.6) is 0 Å². The van der Waals surface area contributed by atoms with Gasteiger partial charge >= 0.3 is 0 Å². The van der Waals surface area contributed by atoms with Crippen LogP contribution in [0.3, 0.4) is 0 Å². The fourth-order valence-corrected chi connectivity index (χ4v) is 1.99. The van der Waals surface area contributed by atoms with Crippen molar-refractivity contribution in [2.24, 2.45) is 0 Å². The maximum Gasteiger partial charge on any atom is 0.127 e. The van der Waals surface area contributed by atoms with E-state index in [1.54, 1.807) is 6.07 Å². The van der Waals surface area contributed by atoms with E-state index in [0.29, 0.717) is 0 Å². The lowest BCUT2D eigenvalue weighted by atomic mass is 9.90. The standard InChI is InChI=1S/C18H23F/c1-5-15(12-11-14(3)4)13-16(6-2)17-9-7-8-10-18(17)19/h6-12,16H,2,5,13H2,1,3-4H3/b15-12-. The van der Waals surface area contributed by atoms with Gasteiger partial charge in [-0.05, 0) is 38.3 Å². The van der Waals surface area contributed by atoms with E-state index < -0.39 is 0 Å². The van der Waals surface area contributed by atoms with E-state index in [2.05, 4.69) is 39.5 Å². The summed E-state index contributed by atoms with van der Waals surface area (Å²) in [5.41, 5.74) is 3.32. The highest BCUT2D eigenvalue weighted by atomic mass is 19.1.